The van der Waals surface area contributed by atoms with Crippen molar-refractivity contribution in [1.29, 1.82) is 0 Å². The fraction of sp³-hybridized carbons (Fsp3) is 0.261. The topological polar surface area (TPSA) is 65.7 Å². The summed E-state index contributed by atoms with van der Waals surface area (Å²) in [5.41, 5.74) is 1.33. The van der Waals surface area contributed by atoms with Gasteiger partial charge in [0.2, 0.25) is 4.96 Å². The summed E-state index contributed by atoms with van der Waals surface area (Å²) >= 11 is 7.52. The number of unbranched alkanes of at least 4 members (excludes halogenated alkanes) is 1. The van der Waals surface area contributed by atoms with E-state index < -0.39 is 0 Å². The maximum Gasteiger partial charge on any atom is 0.291 e. The Bertz CT molecular complexity index is 1320. The lowest BCUT2D eigenvalue weighted by Gasteiger charge is -2.12. The van der Waals surface area contributed by atoms with Crippen LogP contribution in [-0.4, -0.2) is 27.8 Å². The van der Waals surface area contributed by atoms with Gasteiger partial charge in [-0.15, -0.1) is 5.10 Å². The highest BCUT2D eigenvalue weighted by Crippen LogP contribution is 2.29. The number of nitrogens with zero attached hydrogens (tertiary/aromatic N) is 3. The van der Waals surface area contributed by atoms with E-state index in [-0.39, 0.29) is 5.56 Å². The van der Waals surface area contributed by atoms with Gasteiger partial charge in [0.05, 0.1) is 22.8 Å². The fourth-order valence-corrected chi connectivity index (χ4v) is 4.20. The number of fused-ring (bicyclic) bond motifs is 1. The van der Waals surface area contributed by atoms with E-state index in [2.05, 4.69) is 17.0 Å². The third kappa shape index (κ3) is 4.57. The van der Waals surface area contributed by atoms with Gasteiger partial charge in [0.1, 0.15) is 0 Å². The van der Waals surface area contributed by atoms with Crippen molar-refractivity contribution in [2.24, 2.45) is 0 Å². The van der Waals surface area contributed by atoms with Crippen LogP contribution in [0, 0.1) is 0 Å². The predicted molar refractivity (Wildman–Crippen MR) is 124 cm³/mol. The molecule has 0 atom stereocenters. The number of rotatable bonds is 8. The zero-order valence-electron chi connectivity index (χ0n) is 17.3. The Morgan fingerprint density at radius 1 is 1.13 bits per heavy atom. The van der Waals surface area contributed by atoms with E-state index in [1.807, 2.05) is 49.4 Å². The molecule has 0 unspecified atom stereocenters. The lowest BCUT2D eigenvalue weighted by atomic mass is 10.2. The lowest BCUT2D eigenvalue weighted by molar-refractivity contribution is 0.272. The molecule has 8 heteroatoms. The first-order chi connectivity index (χ1) is 15.1. The van der Waals surface area contributed by atoms with Crippen molar-refractivity contribution in [2.45, 2.75) is 26.7 Å². The van der Waals surface area contributed by atoms with E-state index >= 15 is 0 Å². The highest BCUT2D eigenvalue weighted by Gasteiger charge is 2.14. The Hall–Kier alpha value is -2.90. The number of thiazole rings is 1. The van der Waals surface area contributed by atoms with Crippen LogP contribution in [0.2, 0.25) is 5.02 Å². The van der Waals surface area contributed by atoms with Crippen molar-refractivity contribution >= 4 is 34.0 Å². The van der Waals surface area contributed by atoms with Crippen LogP contribution in [0.1, 0.15) is 32.3 Å². The molecule has 6 nitrogen and oxygen atoms in total. The van der Waals surface area contributed by atoms with Gasteiger partial charge in [-0.25, -0.2) is 0 Å². The fourth-order valence-electron chi connectivity index (χ4n) is 3.07. The van der Waals surface area contributed by atoms with E-state index in [9.17, 15) is 4.79 Å². The van der Waals surface area contributed by atoms with Crippen molar-refractivity contribution in [3.05, 3.63) is 67.9 Å². The number of ether oxygens (including phenoxy) is 2. The molecule has 2 aromatic carbocycles. The smallest absolute Gasteiger partial charge is 0.291 e. The number of aromatic nitrogens is 3. The standard InChI is InChI=1S/C23H22ClN3O3S/c1-3-5-12-30-18-11-10-15(13-19(18)29-4-2)14-20-22(28)27-23(31-20)25-21(26-27)16-8-6-7-9-17(16)24/h6-11,13-14H,3-5,12H2,1-2H3. The average Bonchev–Trinajstić information content (AvgIpc) is 3.30. The zero-order chi connectivity index (χ0) is 21.8. The largest absolute Gasteiger partial charge is 0.490 e. The summed E-state index contributed by atoms with van der Waals surface area (Å²) < 4.78 is 13.4. The molecule has 0 saturated heterocycles. The summed E-state index contributed by atoms with van der Waals surface area (Å²) in [6.07, 6.45) is 3.86. The minimum atomic E-state index is -0.216. The number of hydrogen-bond acceptors (Lipinski definition) is 6. The molecule has 0 aliphatic heterocycles. The molecule has 0 spiro atoms. The van der Waals surface area contributed by atoms with Gasteiger partial charge in [-0.3, -0.25) is 4.79 Å². The van der Waals surface area contributed by atoms with E-state index in [1.54, 1.807) is 6.07 Å². The zero-order valence-corrected chi connectivity index (χ0v) is 18.9. The van der Waals surface area contributed by atoms with Crippen molar-refractivity contribution in [3.63, 3.8) is 0 Å². The first-order valence-electron chi connectivity index (χ1n) is 10.2. The lowest BCUT2D eigenvalue weighted by Crippen LogP contribution is -2.23. The van der Waals surface area contributed by atoms with E-state index in [4.69, 9.17) is 21.1 Å². The Kier molecular flexibility index (Phi) is 6.53. The molecule has 0 saturated carbocycles. The molecule has 2 heterocycles. The van der Waals surface area contributed by atoms with Crippen LogP contribution in [-0.2, 0) is 0 Å². The third-order valence-electron chi connectivity index (χ3n) is 4.62. The molecule has 0 bridgehead atoms. The van der Waals surface area contributed by atoms with E-state index in [1.165, 1.54) is 15.9 Å². The molecule has 0 N–H and O–H groups in total. The number of halogens is 1. The van der Waals surface area contributed by atoms with Gasteiger partial charge in [0, 0.05) is 5.56 Å². The molecular formula is C23H22ClN3O3S. The molecule has 0 radical (unpaired) electrons. The van der Waals surface area contributed by atoms with Crippen LogP contribution < -0.4 is 19.6 Å². The van der Waals surface area contributed by atoms with Crippen LogP contribution in [0.5, 0.6) is 11.5 Å². The van der Waals surface area contributed by atoms with Gasteiger partial charge in [-0.05, 0) is 49.2 Å². The summed E-state index contributed by atoms with van der Waals surface area (Å²) in [6.45, 7) is 5.22. The minimum absolute atomic E-state index is 0.216. The first kappa shape index (κ1) is 21.3. The Balaban J connectivity index is 1.68. The van der Waals surface area contributed by atoms with Gasteiger partial charge in [0.15, 0.2) is 17.3 Å². The van der Waals surface area contributed by atoms with Crippen molar-refractivity contribution < 1.29 is 9.47 Å². The molecule has 2 aromatic heterocycles. The molecular weight excluding hydrogens is 434 g/mol. The quantitative estimate of drug-likeness (QED) is 0.363. The Morgan fingerprint density at radius 2 is 1.97 bits per heavy atom. The van der Waals surface area contributed by atoms with Gasteiger partial charge >= 0.3 is 0 Å². The second-order valence-electron chi connectivity index (χ2n) is 6.87. The van der Waals surface area contributed by atoms with Crippen LogP contribution in [0.3, 0.4) is 0 Å². The van der Waals surface area contributed by atoms with Crippen LogP contribution in [0.4, 0.5) is 0 Å². The molecule has 4 rings (SSSR count). The van der Waals surface area contributed by atoms with Crippen molar-refractivity contribution in [3.8, 4) is 22.9 Å². The maximum absolute atomic E-state index is 12.9. The van der Waals surface area contributed by atoms with E-state index in [0.717, 1.165) is 18.4 Å². The highest BCUT2D eigenvalue weighted by molar-refractivity contribution is 7.15. The molecule has 0 amide bonds. The number of hydrogen-bond donors (Lipinski definition) is 0. The molecule has 160 valence electrons. The average molecular weight is 456 g/mol. The molecule has 31 heavy (non-hydrogen) atoms. The summed E-state index contributed by atoms with van der Waals surface area (Å²) in [5, 5.41) is 4.91. The molecule has 0 fully saturated rings. The summed E-state index contributed by atoms with van der Waals surface area (Å²) in [4.78, 5) is 17.9. The summed E-state index contributed by atoms with van der Waals surface area (Å²) in [6, 6.07) is 13.0. The predicted octanol–water partition coefficient (Wildman–Crippen LogP) is 4.60. The van der Waals surface area contributed by atoms with Crippen molar-refractivity contribution in [2.75, 3.05) is 13.2 Å². The summed E-state index contributed by atoms with van der Waals surface area (Å²) in [5.74, 6) is 1.81. The third-order valence-corrected chi connectivity index (χ3v) is 5.91. The SMILES string of the molecule is CCCCOc1ccc(C=c2sc3nc(-c4ccccc4Cl)nn3c2=O)cc1OCC. The molecule has 0 aliphatic rings. The van der Waals surface area contributed by atoms with Crippen LogP contribution in [0.25, 0.3) is 22.4 Å². The highest BCUT2D eigenvalue weighted by atomic mass is 35.5. The van der Waals surface area contributed by atoms with Crippen molar-refractivity contribution in [1.82, 2.24) is 14.6 Å². The van der Waals surface area contributed by atoms with Gasteiger partial charge in [-0.2, -0.15) is 9.50 Å². The normalized spacial score (nSPS) is 11.9. The first-order valence-corrected chi connectivity index (χ1v) is 11.4. The van der Waals surface area contributed by atoms with Crippen LogP contribution >= 0.6 is 22.9 Å². The van der Waals surface area contributed by atoms with Gasteiger partial charge in [0.25, 0.3) is 5.56 Å². The van der Waals surface area contributed by atoms with Crippen LogP contribution in [0.15, 0.2) is 47.3 Å². The molecule has 0 aliphatic carbocycles. The second-order valence-corrected chi connectivity index (χ2v) is 8.28. The van der Waals surface area contributed by atoms with Gasteiger partial charge < -0.3 is 9.47 Å². The Morgan fingerprint density at radius 3 is 2.71 bits per heavy atom. The summed E-state index contributed by atoms with van der Waals surface area (Å²) in [7, 11) is 0. The maximum atomic E-state index is 12.9. The number of benzene rings is 2. The minimum Gasteiger partial charge on any atom is -0.490 e. The monoisotopic (exact) mass is 455 g/mol. The Labute approximate surface area is 188 Å². The van der Waals surface area contributed by atoms with Gasteiger partial charge in [-0.1, -0.05) is 54.5 Å². The second kappa shape index (κ2) is 9.49. The molecule has 4 aromatic rings. The van der Waals surface area contributed by atoms with E-state index in [0.29, 0.717) is 50.6 Å².